The van der Waals surface area contributed by atoms with E-state index in [0.29, 0.717) is 17.6 Å². The highest BCUT2D eigenvalue weighted by Gasteiger charge is 2.07. The van der Waals surface area contributed by atoms with E-state index < -0.39 is 0 Å². The highest BCUT2D eigenvalue weighted by molar-refractivity contribution is 5.74. The van der Waals surface area contributed by atoms with Crippen LogP contribution in [0, 0.1) is 0 Å². The molecule has 0 bridgehead atoms. The molecular formula is C14H11N3O2. The van der Waals surface area contributed by atoms with Gasteiger partial charge in [0, 0.05) is 18.2 Å². The van der Waals surface area contributed by atoms with Crippen molar-refractivity contribution >= 4 is 11.9 Å². The molecule has 5 nitrogen and oxygen atoms in total. The number of phenolic OH excluding ortho intramolecular Hbond substituents is 1. The third-order valence-corrected chi connectivity index (χ3v) is 2.93. The molecule has 2 heterocycles. The quantitative estimate of drug-likeness (QED) is 0.723. The Morgan fingerprint density at radius 3 is 2.63 bits per heavy atom. The molecule has 0 aliphatic carbocycles. The van der Waals surface area contributed by atoms with Crippen LogP contribution in [0.1, 0.15) is 21.7 Å². The van der Waals surface area contributed by atoms with E-state index >= 15 is 0 Å². The SMILES string of the molecule is O=Cc1ccc2nnc(Cc3ccc(O)cc3)n2c1. The molecule has 0 aliphatic rings. The summed E-state index contributed by atoms with van der Waals surface area (Å²) in [5.41, 5.74) is 2.31. The minimum atomic E-state index is 0.234. The van der Waals surface area contributed by atoms with Gasteiger partial charge in [-0.05, 0) is 29.8 Å². The van der Waals surface area contributed by atoms with Gasteiger partial charge in [-0.25, -0.2) is 0 Å². The van der Waals surface area contributed by atoms with E-state index in [9.17, 15) is 9.90 Å². The van der Waals surface area contributed by atoms with E-state index in [1.807, 2.05) is 12.1 Å². The number of hydrogen-bond donors (Lipinski definition) is 1. The van der Waals surface area contributed by atoms with Crippen molar-refractivity contribution in [2.75, 3.05) is 0 Å². The largest absolute Gasteiger partial charge is 0.508 e. The van der Waals surface area contributed by atoms with Gasteiger partial charge in [0.2, 0.25) is 0 Å². The smallest absolute Gasteiger partial charge is 0.160 e. The lowest BCUT2D eigenvalue weighted by atomic mass is 10.1. The first-order valence-electron chi connectivity index (χ1n) is 5.83. The lowest BCUT2D eigenvalue weighted by Crippen LogP contribution is -1.97. The van der Waals surface area contributed by atoms with Crippen LogP contribution in [0.4, 0.5) is 0 Å². The Labute approximate surface area is 109 Å². The zero-order valence-corrected chi connectivity index (χ0v) is 10.0. The first kappa shape index (κ1) is 11.4. The van der Waals surface area contributed by atoms with Gasteiger partial charge in [-0.3, -0.25) is 9.20 Å². The van der Waals surface area contributed by atoms with Crippen LogP contribution >= 0.6 is 0 Å². The molecule has 1 aromatic carbocycles. The predicted octanol–water partition coefficient (Wildman–Crippen LogP) is 1.84. The molecule has 2 aromatic heterocycles. The minimum absolute atomic E-state index is 0.234. The Hall–Kier alpha value is -2.69. The maximum Gasteiger partial charge on any atom is 0.160 e. The third-order valence-electron chi connectivity index (χ3n) is 2.93. The molecule has 0 unspecified atom stereocenters. The second-order valence-electron chi connectivity index (χ2n) is 4.27. The van der Waals surface area contributed by atoms with E-state index in [-0.39, 0.29) is 5.75 Å². The van der Waals surface area contributed by atoms with Gasteiger partial charge in [0.1, 0.15) is 11.6 Å². The van der Waals surface area contributed by atoms with Crippen LogP contribution in [0.25, 0.3) is 5.65 Å². The average molecular weight is 253 g/mol. The fourth-order valence-electron chi connectivity index (χ4n) is 1.94. The number of carbonyl (C=O) groups is 1. The molecule has 3 aromatic rings. The van der Waals surface area contributed by atoms with Gasteiger partial charge in [-0.1, -0.05) is 12.1 Å². The second kappa shape index (κ2) is 4.53. The summed E-state index contributed by atoms with van der Waals surface area (Å²) in [6.45, 7) is 0. The van der Waals surface area contributed by atoms with E-state index in [4.69, 9.17) is 0 Å². The molecule has 0 fully saturated rings. The standard InChI is InChI=1S/C14H11N3O2/c18-9-11-3-6-13-15-16-14(17(13)8-11)7-10-1-4-12(19)5-2-10/h1-6,8-9,19H,7H2. The lowest BCUT2D eigenvalue weighted by molar-refractivity contribution is 0.112. The highest BCUT2D eigenvalue weighted by atomic mass is 16.3. The zero-order chi connectivity index (χ0) is 13.2. The zero-order valence-electron chi connectivity index (χ0n) is 10.0. The summed E-state index contributed by atoms with van der Waals surface area (Å²) in [7, 11) is 0. The normalized spacial score (nSPS) is 10.7. The molecule has 0 amide bonds. The van der Waals surface area contributed by atoms with Gasteiger partial charge in [0.15, 0.2) is 11.9 Å². The number of rotatable bonds is 3. The molecule has 0 atom stereocenters. The Morgan fingerprint density at radius 2 is 1.89 bits per heavy atom. The molecular weight excluding hydrogens is 242 g/mol. The van der Waals surface area contributed by atoms with Crippen LogP contribution in [0.2, 0.25) is 0 Å². The van der Waals surface area contributed by atoms with Crippen LogP contribution < -0.4 is 0 Å². The topological polar surface area (TPSA) is 67.5 Å². The lowest BCUT2D eigenvalue weighted by Gasteiger charge is -2.01. The molecule has 0 aliphatic heterocycles. The molecule has 94 valence electrons. The summed E-state index contributed by atoms with van der Waals surface area (Å²) in [6.07, 6.45) is 3.10. The number of benzene rings is 1. The summed E-state index contributed by atoms with van der Waals surface area (Å²) in [6, 6.07) is 10.4. The van der Waals surface area contributed by atoms with Crippen LogP contribution in [-0.2, 0) is 6.42 Å². The van der Waals surface area contributed by atoms with Gasteiger partial charge in [0.25, 0.3) is 0 Å². The van der Waals surface area contributed by atoms with Crippen molar-refractivity contribution in [3.8, 4) is 5.75 Å². The van der Waals surface area contributed by atoms with Crippen molar-refractivity contribution in [1.82, 2.24) is 14.6 Å². The number of nitrogens with zero attached hydrogens (tertiary/aromatic N) is 3. The Kier molecular flexibility index (Phi) is 2.72. The molecule has 19 heavy (non-hydrogen) atoms. The number of hydrogen-bond acceptors (Lipinski definition) is 4. The van der Waals surface area contributed by atoms with E-state index in [2.05, 4.69) is 10.2 Å². The van der Waals surface area contributed by atoms with Gasteiger partial charge < -0.3 is 5.11 Å². The molecule has 5 heteroatoms. The van der Waals surface area contributed by atoms with Crippen molar-refractivity contribution in [3.63, 3.8) is 0 Å². The molecule has 0 saturated carbocycles. The van der Waals surface area contributed by atoms with E-state index in [0.717, 1.165) is 17.7 Å². The number of carbonyl (C=O) groups excluding carboxylic acids is 1. The first-order valence-corrected chi connectivity index (χ1v) is 5.83. The predicted molar refractivity (Wildman–Crippen MR) is 69.3 cm³/mol. The fourth-order valence-corrected chi connectivity index (χ4v) is 1.94. The highest BCUT2D eigenvalue weighted by Crippen LogP contribution is 2.14. The molecule has 0 saturated heterocycles. The van der Waals surface area contributed by atoms with Crippen LogP contribution in [0.3, 0.4) is 0 Å². The van der Waals surface area contributed by atoms with Gasteiger partial charge in [-0.2, -0.15) is 0 Å². The number of aromatic nitrogens is 3. The maximum atomic E-state index is 10.8. The Bertz CT molecular complexity index is 732. The summed E-state index contributed by atoms with van der Waals surface area (Å²) < 4.78 is 1.80. The summed E-state index contributed by atoms with van der Waals surface area (Å²) in [4.78, 5) is 10.8. The maximum absolute atomic E-state index is 10.8. The number of aromatic hydroxyl groups is 1. The summed E-state index contributed by atoms with van der Waals surface area (Å²) >= 11 is 0. The van der Waals surface area contributed by atoms with Crippen LogP contribution in [-0.4, -0.2) is 26.0 Å². The number of aldehydes is 1. The molecule has 3 rings (SSSR count). The average Bonchev–Trinajstić information content (AvgIpc) is 2.84. The van der Waals surface area contributed by atoms with Crippen molar-refractivity contribution in [3.05, 3.63) is 59.5 Å². The van der Waals surface area contributed by atoms with E-state index in [1.54, 1.807) is 34.9 Å². The second-order valence-corrected chi connectivity index (χ2v) is 4.27. The monoisotopic (exact) mass is 253 g/mol. The molecule has 0 radical (unpaired) electrons. The summed E-state index contributed by atoms with van der Waals surface area (Å²) in [5, 5.41) is 17.4. The summed E-state index contributed by atoms with van der Waals surface area (Å²) in [5.74, 6) is 0.988. The van der Waals surface area contributed by atoms with E-state index in [1.165, 1.54) is 0 Å². The van der Waals surface area contributed by atoms with Crippen molar-refractivity contribution in [2.45, 2.75) is 6.42 Å². The number of pyridine rings is 1. The molecule has 0 spiro atoms. The van der Waals surface area contributed by atoms with Gasteiger partial charge in [0.05, 0.1) is 0 Å². The molecule has 1 N–H and O–H groups in total. The minimum Gasteiger partial charge on any atom is -0.508 e. The van der Waals surface area contributed by atoms with Crippen molar-refractivity contribution in [1.29, 1.82) is 0 Å². The number of phenols is 1. The van der Waals surface area contributed by atoms with Crippen LogP contribution in [0.15, 0.2) is 42.6 Å². The van der Waals surface area contributed by atoms with Gasteiger partial charge in [-0.15, -0.1) is 10.2 Å². The van der Waals surface area contributed by atoms with Crippen LogP contribution in [0.5, 0.6) is 5.75 Å². The Balaban J connectivity index is 2.00. The van der Waals surface area contributed by atoms with Crippen molar-refractivity contribution < 1.29 is 9.90 Å². The fraction of sp³-hybridized carbons (Fsp3) is 0.0714. The van der Waals surface area contributed by atoms with Gasteiger partial charge >= 0.3 is 0 Å². The third kappa shape index (κ3) is 2.18. The first-order chi connectivity index (χ1) is 9.26. The van der Waals surface area contributed by atoms with Crippen molar-refractivity contribution in [2.24, 2.45) is 0 Å². The number of fused-ring (bicyclic) bond motifs is 1. The Morgan fingerprint density at radius 1 is 1.11 bits per heavy atom.